The van der Waals surface area contributed by atoms with Crippen molar-refractivity contribution in [2.45, 2.75) is 36.5 Å². The molecule has 1 atom stereocenters. The van der Waals surface area contributed by atoms with Crippen molar-refractivity contribution in [2.75, 3.05) is 13.2 Å². The largest absolute Gasteiger partial charge is 0.466 e. The Morgan fingerprint density at radius 3 is 2.46 bits per heavy atom. The highest BCUT2D eigenvalue weighted by Crippen LogP contribution is 2.41. The molecule has 24 heavy (non-hydrogen) atoms. The molecule has 1 unspecified atom stereocenters. The van der Waals surface area contributed by atoms with Gasteiger partial charge in [-0.25, -0.2) is 9.59 Å². The van der Waals surface area contributed by atoms with E-state index in [4.69, 9.17) is 25.4 Å². The molecule has 130 valence electrons. The molecule has 0 aromatic heterocycles. The number of nitrogens with two attached hydrogens (primary N) is 1. The Hall–Kier alpha value is -2.22. The van der Waals surface area contributed by atoms with Gasteiger partial charge in [0.05, 0.1) is 18.5 Å². The number of thioether (sulfide) groups is 1. The minimum absolute atomic E-state index is 0.0782. The standard InChI is InChI=1S/C16H20N2O5S/c1-3-21-15(19)13(16(20)22-4-2)23-10-6-5-7-11-9(10)8-12(24-11)14(17)18/h5-7,12-13H,3-4,8H2,1-2H3,(H3,17,18). The van der Waals surface area contributed by atoms with Gasteiger partial charge in [-0.2, -0.15) is 0 Å². The number of carbonyl (C=O) groups excluding carboxylic acids is 2. The molecule has 3 N–H and O–H groups in total. The lowest BCUT2D eigenvalue weighted by atomic mass is 10.1. The Labute approximate surface area is 144 Å². The molecular formula is C16H20N2O5S. The second-order valence-electron chi connectivity index (χ2n) is 5.00. The van der Waals surface area contributed by atoms with Crippen LogP contribution in [0, 0.1) is 5.41 Å². The summed E-state index contributed by atoms with van der Waals surface area (Å²) in [5, 5.41) is 7.42. The van der Waals surface area contributed by atoms with Gasteiger partial charge in [0.15, 0.2) is 0 Å². The molecule has 0 spiro atoms. The normalized spacial score (nSPS) is 15.7. The lowest BCUT2D eigenvalue weighted by Crippen LogP contribution is -2.39. The van der Waals surface area contributed by atoms with Gasteiger partial charge < -0.3 is 19.9 Å². The molecule has 7 nitrogen and oxygen atoms in total. The zero-order valence-electron chi connectivity index (χ0n) is 13.5. The minimum atomic E-state index is -1.47. The third kappa shape index (κ3) is 4.00. The number of esters is 2. The summed E-state index contributed by atoms with van der Waals surface area (Å²) in [5.74, 6) is -1.10. The number of nitrogens with one attached hydrogen (secondary N) is 1. The number of ether oxygens (including phenoxy) is 3. The number of carbonyl (C=O) groups is 2. The lowest BCUT2D eigenvalue weighted by molar-refractivity contribution is -0.166. The first kappa shape index (κ1) is 18.1. The van der Waals surface area contributed by atoms with E-state index in [9.17, 15) is 9.59 Å². The molecule has 0 aliphatic carbocycles. The van der Waals surface area contributed by atoms with Gasteiger partial charge in [0, 0.05) is 10.5 Å². The van der Waals surface area contributed by atoms with E-state index in [0.717, 1.165) is 10.5 Å². The zero-order valence-corrected chi connectivity index (χ0v) is 14.4. The fourth-order valence-electron chi connectivity index (χ4n) is 2.28. The van der Waals surface area contributed by atoms with Gasteiger partial charge in [-0.15, -0.1) is 11.8 Å². The second-order valence-corrected chi connectivity index (χ2v) is 6.25. The van der Waals surface area contributed by atoms with Crippen LogP contribution < -0.4 is 10.5 Å². The predicted octanol–water partition coefficient (Wildman–Crippen LogP) is 1.51. The molecule has 1 aliphatic heterocycles. The summed E-state index contributed by atoms with van der Waals surface area (Å²) in [5.41, 5.74) is 6.40. The highest BCUT2D eigenvalue weighted by Gasteiger charge is 2.34. The number of hydrogen-bond donors (Lipinski definition) is 2. The van der Waals surface area contributed by atoms with Crippen LogP contribution in [0.1, 0.15) is 19.4 Å². The van der Waals surface area contributed by atoms with Crippen LogP contribution in [0.15, 0.2) is 23.1 Å². The third-order valence-corrected chi connectivity index (χ3v) is 4.68. The van der Waals surface area contributed by atoms with Gasteiger partial charge in [-0.3, -0.25) is 5.41 Å². The maximum Gasteiger partial charge on any atom is 0.359 e. The van der Waals surface area contributed by atoms with Crippen molar-refractivity contribution in [1.82, 2.24) is 0 Å². The average molecular weight is 352 g/mol. The highest BCUT2D eigenvalue weighted by molar-refractivity contribution is 8.01. The Kier molecular flexibility index (Phi) is 6.08. The second kappa shape index (κ2) is 8.05. The molecule has 1 heterocycles. The minimum Gasteiger partial charge on any atom is -0.466 e. The summed E-state index contributed by atoms with van der Waals surface area (Å²) in [4.78, 5) is 25.0. The van der Waals surface area contributed by atoms with Crippen LogP contribution in [-0.2, 0) is 25.5 Å². The van der Waals surface area contributed by atoms with Crippen LogP contribution >= 0.6 is 11.8 Å². The summed E-state index contributed by atoms with van der Waals surface area (Å²) in [6, 6.07) is 5.32. The van der Waals surface area contributed by atoms with Crippen LogP contribution in [0.5, 0.6) is 5.75 Å². The molecule has 1 aromatic rings. The van der Waals surface area contributed by atoms with E-state index in [1.54, 1.807) is 26.0 Å². The van der Waals surface area contributed by atoms with Gasteiger partial charge in [-0.05, 0) is 32.4 Å². The summed E-state index contributed by atoms with van der Waals surface area (Å²) in [6.07, 6.45) is -0.970. The van der Waals surface area contributed by atoms with E-state index in [-0.39, 0.29) is 24.3 Å². The molecular weight excluding hydrogens is 332 g/mol. The van der Waals surface area contributed by atoms with Crippen molar-refractivity contribution in [2.24, 2.45) is 5.73 Å². The van der Waals surface area contributed by atoms with E-state index in [1.165, 1.54) is 11.8 Å². The zero-order chi connectivity index (χ0) is 17.7. The number of fused-ring (bicyclic) bond motifs is 1. The summed E-state index contributed by atoms with van der Waals surface area (Å²) >= 11 is 1.46. The van der Waals surface area contributed by atoms with Crippen LogP contribution in [0.2, 0.25) is 0 Å². The highest BCUT2D eigenvalue weighted by atomic mass is 32.2. The molecule has 0 saturated carbocycles. The van der Waals surface area contributed by atoms with E-state index in [0.29, 0.717) is 12.2 Å². The van der Waals surface area contributed by atoms with Crippen molar-refractivity contribution in [3.63, 3.8) is 0 Å². The van der Waals surface area contributed by atoms with E-state index >= 15 is 0 Å². The van der Waals surface area contributed by atoms with Gasteiger partial charge in [0.1, 0.15) is 11.6 Å². The van der Waals surface area contributed by atoms with E-state index < -0.39 is 18.0 Å². The van der Waals surface area contributed by atoms with Crippen LogP contribution in [0.4, 0.5) is 0 Å². The molecule has 0 amide bonds. The lowest BCUT2D eigenvalue weighted by Gasteiger charge is -2.18. The fourth-order valence-corrected chi connectivity index (χ4v) is 3.44. The fraction of sp³-hybridized carbons (Fsp3) is 0.438. The number of hydrogen-bond acceptors (Lipinski definition) is 7. The van der Waals surface area contributed by atoms with Gasteiger partial charge >= 0.3 is 11.9 Å². The Bertz CT molecular complexity index is 631. The first-order valence-electron chi connectivity index (χ1n) is 7.60. The Morgan fingerprint density at radius 1 is 1.29 bits per heavy atom. The van der Waals surface area contributed by atoms with Crippen molar-refractivity contribution in [3.8, 4) is 5.75 Å². The molecule has 0 saturated heterocycles. The quantitative estimate of drug-likeness (QED) is 0.331. The van der Waals surface area contributed by atoms with Gasteiger partial charge in [0.25, 0.3) is 6.10 Å². The Morgan fingerprint density at radius 2 is 1.92 bits per heavy atom. The van der Waals surface area contributed by atoms with Gasteiger partial charge in [0.2, 0.25) is 0 Å². The molecule has 0 bridgehead atoms. The summed E-state index contributed by atoms with van der Waals surface area (Å²) in [6.45, 7) is 3.56. The van der Waals surface area contributed by atoms with Crippen LogP contribution in [0.3, 0.4) is 0 Å². The molecule has 1 aliphatic rings. The number of rotatable bonds is 7. The van der Waals surface area contributed by atoms with Crippen molar-refractivity contribution in [1.29, 1.82) is 5.41 Å². The molecule has 0 radical (unpaired) electrons. The first-order valence-corrected chi connectivity index (χ1v) is 8.48. The molecule has 2 rings (SSSR count). The van der Waals surface area contributed by atoms with Crippen molar-refractivity contribution < 1.29 is 23.8 Å². The molecule has 0 fully saturated rings. The molecule has 8 heteroatoms. The maximum absolute atomic E-state index is 12.0. The van der Waals surface area contributed by atoms with E-state index in [1.807, 2.05) is 6.07 Å². The SMILES string of the molecule is CCOC(=O)C(Oc1cccc2c1CC(C(=N)N)S2)C(=O)OCC. The van der Waals surface area contributed by atoms with E-state index in [2.05, 4.69) is 0 Å². The summed E-state index contributed by atoms with van der Waals surface area (Å²) in [7, 11) is 0. The third-order valence-electron chi connectivity index (χ3n) is 3.34. The predicted molar refractivity (Wildman–Crippen MR) is 89.4 cm³/mol. The first-order chi connectivity index (χ1) is 11.5. The molecule has 1 aromatic carbocycles. The van der Waals surface area contributed by atoms with Crippen molar-refractivity contribution >= 4 is 29.5 Å². The van der Waals surface area contributed by atoms with Gasteiger partial charge in [-0.1, -0.05) is 6.07 Å². The topological polar surface area (TPSA) is 112 Å². The van der Waals surface area contributed by atoms with Crippen LogP contribution in [0.25, 0.3) is 0 Å². The van der Waals surface area contributed by atoms with Crippen molar-refractivity contribution in [3.05, 3.63) is 23.8 Å². The Balaban J connectivity index is 2.25. The number of benzene rings is 1. The summed E-state index contributed by atoms with van der Waals surface area (Å²) < 4.78 is 15.4. The smallest absolute Gasteiger partial charge is 0.359 e. The maximum atomic E-state index is 12.0. The van der Waals surface area contributed by atoms with Crippen LogP contribution in [-0.4, -0.2) is 42.3 Å². The average Bonchev–Trinajstić information content (AvgIpc) is 2.98. The monoisotopic (exact) mass is 352 g/mol. The number of amidine groups is 1.